The first-order valence-corrected chi connectivity index (χ1v) is 11.1. The van der Waals surface area contributed by atoms with Gasteiger partial charge in [-0.1, -0.05) is 11.6 Å². The Morgan fingerprint density at radius 3 is 2.64 bits per heavy atom. The van der Waals surface area contributed by atoms with Crippen LogP contribution < -0.4 is 15.5 Å². The molecular weight excluding hydrogens is 444 g/mol. The van der Waals surface area contributed by atoms with Crippen molar-refractivity contribution in [2.45, 2.75) is 0 Å². The lowest BCUT2D eigenvalue weighted by molar-refractivity contribution is 0.0935. The van der Waals surface area contributed by atoms with Crippen molar-refractivity contribution < 1.29 is 9.90 Å². The fraction of sp³-hybridized carbons (Fsp3) is 0.364. The van der Waals surface area contributed by atoms with E-state index >= 15 is 0 Å². The highest BCUT2D eigenvalue weighted by atomic mass is 35.5. The molecule has 0 saturated carbocycles. The molecule has 174 valence electrons. The number of aliphatic hydroxyl groups excluding tert-OH is 1. The summed E-state index contributed by atoms with van der Waals surface area (Å²) >= 11 is 6.58. The number of nitrogens with one attached hydrogen (secondary N) is 2. The maximum Gasteiger partial charge on any atom is 0.269 e. The van der Waals surface area contributed by atoms with Crippen molar-refractivity contribution in [2.75, 3.05) is 56.6 Å². The Hall–Kier alpha value is -3.21. The van der Waals surface area contributed by atoms with Crippen molar-refractivity contribution >= 4 is 34.8 Å². The molecule has 0 atom stereocenters. The molecule has 0 bridgehead atoms. The number of benzene rings is 1. The molecule has 1 aliphatic rings. The predicted molar refractivity (Wildman–Crippen MR) is 128 cm³/mol. The van der Waals surface area contributed by atoms with Crippen molar-refractivity contribution in [3.05, 3.63) is 47.2 Å². The Morgan fingerprint density at radius 1 is 1.12 bits per heavy atom. The summed E-state index contributed by atoms with van der Waals surface area (Å²) in [5, 5.41) is 19.8. The molecule has 3 heterocycles. The second-order valence-corrected chi connectivity index (χ2v) is 8.27. The van der Waals surface area contributed by atoms with Crippen molar-refractivity contribution in [1.29, 1.82) is 0 Å². The van der Waals surface area contributed by atoms with Gasteiger partial charge in [-0.25, -0.2) is 9.97 Å². The van der Waals surface area contributed by atoms with E-state index in [1.807, 2.05) is 18.2 Å². The lowest BCUT2D eigenvalue weighted by Crippen LogP contribution is -2.44. The first kappa shape index (κ1) is 23.0. The average Bonchev–Trinajstić information content (AvgIpc) is 3.20. The van der Waals surface area contributed by atoms with Gasteiger partial charge in [0.25, 0.3) is 5.91 Å². The molecule has 0 radical (unpaired) electrons. The minimum absolute atomic E-state index is 0.127. The van der Waals surface area contributed by atoms with Crippen molar-refractivity contribution in [1.82, 2.24) is 30.0 Å². The number of likely N-dealkylation sites (N-methyl/N-ethyl adjacent to an activating group) is 1. The van der Waals surface area contributed by atoms with Gasteiger partial charge in [0.1, 0.15) is 11.4 Å². The normalized spacial score (nSPS) is 14.4. The number of amides is 1. The topological polar surface area (TPSA) is 111 Å². The molecule has 1 fully saturated rings. The molecule has 10 nitrogen and oxygen atoms in total. The number of rotatable bonds is 7. The van der Waals surface area contributed by atoms with Gasteiger partial charge < -0.3 is 25.5 Å². The van der Waals surface area contributed by atoms with Crippen LogP contribution in [0.2, 0.25) is 5.02 Å². The molecule has 1 amide bonds. The van der Waals surface area contributed by atoms with Crippen LogP contribution in [0.1, 0.15) is 10.5 Å². The number of anilines is 3. The number of aliphatic hydroxyl groups is 1. The van der Waals surface area contributed by atoms with Crippen molar-refractivity contribution in [3.8, 4) is 11.4 Å². The van der Waals surface area contributed by atoms with Gasteiger partial charge in [0.05, 0.1) is 23.0 Å². The van der Waals surface area contributed by atoms with E-state index in [0.29, 0.717) is 28.1 Å². The number of halogens is 1. The monoisotopic (exact) mass is 470 g/mol. The first-order chi connectivity index (χ1) is 15.9. The van der Waals surface area contributed by atoms with Crippen LogP contribution in [0.15, 0.2) is 36.5 Å². The molecule has 3 N–H and O–H groups in total. The third kappa shape index (κ3) is 5.41. The van der Waals surface area contributed by atoms with Crippen LogP contribution in [0.4, 0.5) is 17.3 Å². The highest BCUT2D eigenvalue weighted by molar-refractivity contribution is 6.33. The van der Waals surface area contributed by atoms with Gasteiger partial charge in [-0.3, -0.25) is 9.48 Å². The van der Waals surface area contributed by atoms with Gasteiger partial charge in [-0.2, -0.15) is 5.10 Å². The van der Waals surface area contributed by atoms with Crippen LogP contribution in [-0.2, 0) is 7.05 Å². The number of hydrogen-bond acceptors (Lipinski definition) is 8. The predicted octanol–water partition coefficient (Wildman–Crippen LogP) is 1.75. The molecule has 1 saturated heterocycles. The van der Waals surface area contributed by atoms with Gasteiger partial charge >= 0.3 is 0 Å². The fourth-order valence-corrected chi connectivity index (χ4v) is 3.94. The summed E-state index contributed by atoms with van der Waals surface area (Å²) in [5.41, 5.74) is 3.29. The molecule has 0 unspecified atom stereocenters. The SMILES string of the molecule is CN1CCN(c2ccc(Nc3nccc(-c4cc(C(=O)NCCO)n(C)n4)n3)cc2Cl)CC1. The molecule has 0 aliphatic carbocycles. The van der Waals surface area contributed by atoms with Gasteiger partial charge in [0.2, 0.25) is 5.95 Å². The summed E-state index contributed by atoms with van der Waals surface area (Å²) in [6.07, 6.45) is 1.63. The van der Waals surface area contributed by atoms with Crippen LogP contribution in [0.5, 0.6) is 0 Å². The van der Waals surface area contributed by atoms with Crippen LogP contribution in [-0.4, -0.2) is 82.0 Å². The highest BCUT2D eigenvalue weighted by Gasteiger charge is 2.18. The minimum atomic E-state index is -0.312. The quantitative estimate of drug-likeness (QED) is 0.479. The maximum atomic E-state index is 12.2. The number of hydrogen-bond donors (Lipinski definition) is 3. The summed E-state index contributed by atoms with van der Waals surface area (Å²) < 4.78 is 1.48. The second kappa shape index (κ2) is 10.2. The minimum Gasteiger partial charge on any atom is -0.395 e. The molecule has 4 rings (SSSR count). The highest BCUT2D eigenvalue weighted by Crippen LogP contribution is 2.30. The van der Waals surface area contributed by atoms with Crippen molar-refractivity contribution in [3.63, 3.8) is 0 Å². The fourth-order valence-electron chi connectivity index (χ4n) is 3.64. The van der Waals surface area contributed by atoms with Gasteiger partial charge in [-0.05, 0) is 37.4 Å². The Kier molecular flexibility index (Phi) is 7.07. The maximum absolute atomic E-state index is 12.2. The summed E-state index contributed by atoms with van der Waals surface area (Å²) in [5.74, 6) is 0.0839. The van der Waals surface area contributed by atoms with E-state index in [9.17, 15) is 4.79 Å². The summed E-state index contributed by atoms with van der Waals surface area (Å²) in [6, 6.07) is 9.22. The number of piperazine rings is 1. The van der Waals surface area contributed by atoms with E-state index < -0.39 is 0 Å². The number of carbonyl (C=O) groups excluding carboxylic acids is 1. The molecule has 1 aromatic carbocycles. The Bertz CT molecular complexity index is 1130. The van der Waals surface area contributed by atoms with E-state index in [1.54, 1.807) is 25.4 Å². The average molecular weight is 471 g/mol. The number of aryl methyl sites for hydroxylation is 1. The van der Waals surface area contributed by atoms with E-state index in [0.717, 1.165) is 37.6 Å². The zero-order valence-corrected chi connectivity index (χ0v) is 19.4. The molecule has 0 spiro atoms. The van der Waals surface area contributed by atoms with Gasteiger partial charge in [0, 0.05) is 51.7 Å². The van der Waals surface area contributed by atoms with E-state index in [2.05, 4.69) is 42.5 Å². The summed E-state index contributed by atoms with van der Waals surface area (Å²) in [7, 11) is 3.81. The summed E-state index contributed by atoms with van der Waals surface area (Å²) in [4.78, 5) is 25.6. The molecule has 3 aromatic rings. The van der Waals surface area contributed by atoms with Crippen LogP contribution >= 0.6 is 11.6 Å². The lowest BCUT2D eigenvalue weighted by Gasteiger charge is -2.34. The number of aromatic nitrogens is 4. The standard InChI is InChI=1S/C22H27ClN8O2/c1-29-8-10-31(11-9-29)19-4-3-15(13-16(19)23)26-22-25-6-5-17(27-22)18-14-20(30(2)28-18)21(33)24-7-12-32/h3-6,13-14,32H,7-12H2,1-2H3,(H,24,33)(H,25,26,27). The Morgan fingerprint density at radius 2 is 1.91 bits per heavy atom. The van der Waals surface area contributed by atoms with Crippen LogP contribution in [0.25, 0.3) is 11.4 Å². The molecular formula is C22H27ClN8O2. The smallest absolute Gasteiger partial charge is 0.269 e. The third-order valence-corrected chi connectivity index (χ3v) is 5.78. The molecule has 33 heavy (non-hydrogen) atoms. The van der Waals surface area contributed by atoms with E-state index in [1.165, 1.54) is 4.68 Å². The Labute approximate surface area is 197 Å². The second-order valence-electron chi connectivity index (χ2n) is 7.86. The Balaban J connectivity index is 1.49. The first-order valence-electron chi connectivity index (χ1n) is 10.7. The zero-order valence-electron chi connectivity index (χ0n) is 18.6. The number of nitrogens with zero attached hydrogens (tertiary/aromatic N) is 6. The largest absolute Gasteiger partial charge is 0.395 e. The van der Waals surface area contributed by atoms with Crippen LogP contribution in [0.3, 0.4) is 0 Å². The number of carbonyl (C=O) groups is 1. The summed E-state index contributed by atoms with van der Waals surface area (Å²) in [6.45, 7) is 3.95. The van der Waals surface area contributed by atoms with E-state index in [-0.39, 0.29) is 19.1 Å². The third-order valence-electron chi connectivity index (χ3n) is 5.48. The van der Waals surface area contributed by atoms with Gasteiger partial charge in [-0.15, -0.1) is 0 Å². The molecule has 11 heteroatoms. The molecule has 1 aliphatic heterocycles. The zero-order chi connectivity index (χ0) is 23.4. The van der Waals surface area contributed by atoms with Gasteiger partial charge in [0.15, 0.2) is 0 Å². The van der Waals surface area contributed by atoms with Crippen LogP contribution in [0, 0.1) is 0 Å². The lowest BCUT2D eigenvalue weighted by atomic mass is 10.2. The molecule has 2 aromatic heterocycles. The van der Waals surface area contributed by atoms with Crippen molar-refractivity contribution in [2.24, 2.45) is 7.05 Å². The van der Waals surface area contributed by atoms with E-state index in [4.69, 9.17) is 16.7 Å².